The Morgan fingerprint density at radius 2 is 1.95 bits per heavy atom. The van der Waals surface area contributed by atoms with Crippen molar-refractivity contribution in [2.45, 2.75) is 32.2 Å². The highest BCUT2D eigenvalue weighted by molar-refractivity contribution is 6.32. The molecule has 5 rings (SSSR count). The van der Waals surface area contributed by atoms with Crippen LogP contribution in [0.15, 0.2) is 48.8 Å². The Kier molecular flexibility index (Phi) is 11.7. The number of halogens is 5. The van der Waals surface area contributed by atoms with Crippen molar-refractivity contribution in [3.63, 3.8) is 0 Å². The number of nitrogens with one attached hydrogen (secondary N) is 1. The van der Waals surface area contributed by atoms with Crippen LogP contribution in [0.3, 0.4) is 0 Å². The van der Waals surface area contributed by atoms with Crippen LogP contribution in [-0.4, -0.2) is 45.0 Å². The highest BCUT2D eigenvalue weighted by Gasteiger charge is 2.20. The van der Waals surface area contributed by atoms with E-state index in [9.17, 15) is 14.3 Å². The number of aromatic hydroxyl groups is 1. The maximum Gasteiger partial charge on any atom is 0.170 e. The normalized spacial score (nSPS) is 14.5. The van der Waals surface area contributed by atoms with E-state index in [1.54, 1.807) is 25.3 Å². The van der Waals surface area contributed by atoms with Gasteiger partial charge < -0.3 is 21.1 Å². The van der Waals surface area contributed by atoms with Crippen molar-refractivity contribution >= 4 is 82.8 Å². The Balaban J connectivity index is 0.00000187. The second kappa shape index (κ2) is 14.1. The van der Waals surface area contributed by atoms with Crippen LogP contribution in [0, 0.1) is 5.82 Å². The van der Waals surface area contributed by atoms with Gasteiger partial charge in [0.2, 0.25) is 0 Å². The molecule has 1 atom stereocenters. The first kappa shape index (κ1) is 33.3. The zero-order valence-corrected chi connectivity index (χ0v) is 24.6. The number of pyridine rings is 3. The summed E-state index contributed by atoms with van der Waals surface area (Å²) in [7, 11) is 0. The van der Waals surface area contributed by atoms with Crippen LogP contribution in [0.25, 0.3) is 22.3 Å². The molecule has 0 spiro atoms. The van der Waals surface area contributed by atoms with Gasteiger partial charge in [0.05, 0.1) is 39.4 Å². The minimum atomic E-state index is -0.850. The van der Waals surface area contributed by atoms with E-state index in [1.165, 1.54) is 12.3 Å². The van der Waals surface area contributed by atoms with Crippen molar-refractivity contribution in [1.82, 2.24) is 15.0 Å². The highest BCUT2D eigenvalue weighted by Crippen LogP contribution is 2.34. The van der Waals surface area contributed by atoms with E-state index in [0.29, 0.717) is 39.2 Å². The van der Waals surface area contributed by atoms with E-state index in [-0.39, 0.29) is 60.5 Å². The average molecular weight is 630 g/mol. The predicted molar refractivity (Wildman–Crippen MR) is 165 cm³/mol. The van der Waals surface area contributed by atoms with Crippen molar-refractivity contribution < 1.29 is 14.3 Å². The van der Waals surface area contributed by atoms with Gasteiger partial charge in [-0.25, -0.2) is 14.4 Å². The standard InChI is InChI=1S/C27H26ClFN6O2.3ClH/c1-2-23(36)18-13-31-22-7-6-21(15-10-19(28)27(37)20(29)11-15)34-26(22)25(18)33-17-5-8-24(32-12-17)35-9-3-4-16(30)14-35;;;/h5-8,10-13,16,37H,2-4,9,14,30H2,1H3,(H,31,33);3*1H/t16-;;;/m0.../s1. The van der Waals surface area contributed by atoms with E-state index in [2.05, 4.69) is 20.2 Å². The van der Waals surface area contributed by atoms with E-state index in [4.69, 9.17) is 22.3 Å². The maximum absolute atomic E-state index is 14.2. The van der Waals surface area contributed by atoms with Gasteiger partial charge in [-0.3, -0.25) is 9.78 Å². The molecule has 13 heteroatoms. The Morgan fingerprint density at radius 3 is 2.60 bits per heavy atom. The number of nitrogens with zero attached hydrogens (tertiary/aromatic N) is 4. The van der Waals surface area contributed by atoms with Crippen LogP contribution >= 0.6 is 48.8 Å². The van der Waals surface area contributed by atoms with Crippen molar-refractivity contribution in [2.75, 3.05) is 23.3 Å². The van der Waals surface area contributed by atoms with Gasteiger partial charge in [-0.2, -0.15) is 0 Å². The number of fused-ring (bicyclic) bond motifs is 1. The molecule has 4 aromatic rings. The van der Waals surface area contributed by atoms with E-state index in [0.717, 1.165) is 37.8 Å². The summed E-state index contributed by atoms with van der Waals surface area (Å²) in [6, 6.07) is 9.97. The number of carbonyl (C=O) groups is 1. The lowest BCUT2D eigenvalue weighted by atomic mass is 10.1. The molecular weight excluding hydrogens is 601 g/mol. The van der Waals surface area contributed by atoms with Crippen LogP contribution < -0.4 is 16.0 Å². The second-order valence-corrected chi connectivity index (χ2v) is 9.46. The van der Waals surface area contributed by atoms with Gasteiger partial charge in [-0.15, -0.1) is 37.2 Å². The Hall–Kier alpha value is -2.95. The van der Waals surface area contributed by atoms with Gasteiger partial charge in [-0.05, 0) is 49.2 Å². The molecule has 0 radical (unpaired) electrons. The van der Waals surface area contributed by atoms with Gasteiger partial charge in [0.1, 0.15) is 11.3 Å². The maximum atomic E-state index is 14.2. The fraction of sp³-hybridized carbons (Fsp3) is 0.259. The van der Waals surface area contributed by atoms with Crippen molar-refractivity contribution in [2.24, 2.45) is 5.73 Å². The Bertz CT molecular complexity index is 1470. The fourth-order valence-electron chi connectivity index (χ4n) is 4.48. The number of nitrogens with two attached hydrogens (primary N) is 1. The number of ketones is 1. The molecule has 0 saturated carbocycles. The molecule has 0 amide bonds. The molecule has 0 aliphatic carbocycles. The summed E-state index contributed by atoms with van der Waals surface area (Å²) in [5, 5.41) is 12.9. The number of anilines is 3. The quantitative estimate of drug-likeness (QED) is 0.201. The van der Waals surface area contributed by atoms with Crippen molar-refractivity contribution in [3.8, 4) is 17.0 Å². The summed E-state index contributed by atoms with van der Waals surface area (Å²) in [5.41, 5.74) is 9.45. The van der Waals surface area contributed by atoms with Crippen LogP contribution in [0.4, 0.5) is 21.6 Å². The van der Waals surface area contributed by atoms with Crippen LogP contribution in [0.2, 0.25) is 5.02 Å². The smallest absolute Gasteiger partial charge is 0.170 e. The third-order valence-electron chi connectivity index (χ3n) is 6.45. The molecule has 1 aliphatic heterocycles. The number of hydrogen-bond acceptors (Lipinski definition) is 8. The van der Waals surface area contributed by atoms with Gasteiger partial charge in [0.15, 0.2) is 17.3 Å². The van der Waals surface area contributed by atoms with E-state index >= 15 is 0 Å². The number of benzene rings is 1. The Morgan fingerprint density at radius 1 is 1.18 bits per heavy atom. The van der Waals surface area contributed by atoms with Gasteiger partial charge in [-0.1, -0.05) is 18.5 Å². The predicted octanol–water partition coefficient (Wildman–Crippen LogP) is 6.72. The average Bonchev–Trinajstić information content (AvgIpc) is 2.91. The summed E-state index contributed by atoms with van der Waals surface area (Å²) in [6.45, 7) is 3.45. The first-order valence-electron chi connectivity index (χ1n) is 12.1. The molecule has 4 N–H and O–H groups in total. The minimum Gasteiger partial charge on any atom is -0.504 e. The third-order valence-corrected chi connectivity index (χ3v) is 6.73. The topological polar surface area (TPSA) is 117 Å². The lowest BCUT2D eigenvalue weighted by Crippen LogP contribution is -2.43. The molecular formula is C27H29Cl4FN6O2. The summed E-state index contributed by atoms with van der Waals surface area (Å²) < 4.78 is 14.2. The number of phenols is 1. The number of carbonyl (C=O) groups excluding carboxylic acids is 1. The first-order valence-corrected chi connectivity index (χ1v) is 12.5. The van der Waals surface area contributed by atoms with E-state index < -0.39 is 11.6 Å². The summed E-state index contributed by atoms with van der Waals surface area (Å²) >= 11 is 5.98. The zero-order chi connectivity index (χ0) is 26.1. The molecule has 1 aromatic carbocycles. The van der Waals surface area contributed by atoms with Gasteiger partial charge in [0, 0.05) is 37.3 Å². The zero-order valence-electron chi connectivity index (χ0n) is 21.4. The summed E-state index contributed by atoms with van der Waals surface area (Å²) in [5.74, 6) is -0.725. The van der Waals surface area contributed by atoms with E-state index in [1.807, 2.05) is 12.1 Å². The summed E-state index contributed by atoms with van der Waals surface area (Å²) in [6.07, 6.45) is 5.56. The van der Waals surface area contributed by atoms with Crippen molar-refractivity contribution in [1.29, 1.82) is 0 Å². The first-order chi connectivity index (χ1) is 17.8. The molecule has 1 fully saturated rings. The SMILES string of the molecule is CCC(=O)c1cnc2ccc(-c3cc(F)c(O)c(Cl)c3)nc2c1Nc1ccc(N2CCC[C@H](N)C2)nc1.Cl.Cl.Cl. The number of Topliss-reactive ketones (excluding diaryl/α,β-unsaturated/α-hetero) is 1. The van der Waals surface area contributed by atoms with Crippen LogP contribution in [0.1, 0.15) is 36.5 Å². The number of hydrogen-bond donors (Lipinski definition) is 3. The molecule has 0 bridgehead atoms. The van der Waals surface area contributed by atoms with Crippen LogP contribution in [0.5, 0.6) is 5.75 Å². The molecule has 0 unspecified atom stereocenters. The largest absolute Gasteiger partial charge is 0.504 e. The second-order valence-electron chi connectivity index (χ2n) is 9.05. The molecule has 1 aliphatic rings. The van der Waals surface area contributed by atoms with Crippen molar-refractivity contribution in [3.05, 3.63) is 65.2 Å². The number of phenolic OH excluding ortho intramolecular Hbond substituents is 1. The van der Waals surface area contributed by atoms with Gasteiger partial charge >= 0.3 is 0 Å². The van der Waals surface area contributed by atoms with Gasteiger partial charge in [0.25, 0.3) is 0 Å². The highest BCUT2D eigenvalue weighted by atomic mass is 35.5. The fourth-order valence-corrected chi connectivity index (χ4v) is 4.69. The molecule has 4 heterocycles. The summed E-state index contributed by atoms with van der Waals surface area (Å²) in [4.78, 5) is 28.7. The molecule has 8 nitrogen and oxygen atoms in total. The minimum absolute atomic E-state index is 0. The third kappa shape index (κ3) is 6.85. The molecule has 40 heavy (non-hydrogen) atoms. The molecule has 1 saturated heterocycles. The number of rotatable bonds is 6. The molecule has 3 aromatic heterocycles. The Labute approximate surface area is 254 Å². The number of aromatic nitrogens is 3. The number of piperidine rings is 1. The lowest BCUT2D eigenvalue weighted by molar-refractivity contribution is 0.0988. The monoisotopic (exact) mass is 628 g/mol. The van der Waals surface area contributed by atoms with Crippen LogP contribution in [-0.2, 0) is 0 Å². The lowest BCUT2D eigenvalue weighted by Gasteiger charge is -2.31. The molecule has 214 valence electrons.